The molecule has 1 atom stereocenters. The molecule has 8 aromatic carbocycles. The van der Waals surface area contributed by atoms with Crippen molar-refractivity contribution in [2.75, 3.05) is 0 Å². The van der Waals surface area contributed by atoms with Gasteiger partial charge in [-0.2, -0.15) is 0 Å². The number of benzene rings is 8. The van der Waals surface area contributed by atoms with Crippen LogP contribution in [-0.4, -0.2) is 0 Å². The minimum atomic E-state index is -0.960. The summed E-state index contributed by atoms with van der Waals surface area (Å²) in [6.07, 6.45) is 0. The first-order valence-electron chi connectivity index (χ1n) is 15.5. The first-order valence-corrected chi connectivity index (χ1v) is 16.9. The molecule has 1 unspecified atom stereocenters. The van der Waals surface area contributed by atoms with Crippen molar-refractivity contribution in [1.82, 2.24) is 0 Å². The zero-order valence-electron chi connectivity index (χ0n) is 24.7. The molecule has 0 aromatic heterocycles. The number of hydrogen-bond acceptors (Lipinski definition) is 0. The molecule has 0 amide bonds. The summed E-state index contributed by atoms with van der Waals surface area (Å²) in [5.41, 5.74) is 10.6. The van der Waals surface area contributed by atoms with Crippen LogP contribution in [0, 0.1) is 0 Å². The van der Waals surface area contributed by atoms with Crippen LogP contribution in [-0.2, 0) is 0 Å². The maximum atomic E-state index is 2.37. The highest BCUT2D eigenvalue weighted by Gasteiger charge is 2.34. The third kappa shape index (κ3) is 4.11. The molecule has 0 spiro atoms. The van der Waals surface area contributed by atoms with Crippen LogP contribution >= 0.6 is 7.92 Å². The Hall–Kier alpha value is -5.29. The lowest BCUT2D eigenvalue weighted by Gasteiger charge is -2.28. The average Bonchev–Trinajstić information content (AvgIpc) is 3.45. The lowest BCUT2D eigenvalue weighted by Crippen LogP contribution is -2.24. The van der Waals surface area contributed by atoms with Crippen molar-refractivity contribution in [3.05, 3.63) is 176 Å². The largest absolute Gasteiger partial charge is 0.0622 e. The van der Waals surface area contributed by atoms with E-state index >= 15 is 0 Å². The highest BCUT2D eigenvalue weighted by Crippen LogP contribution is 2.56. The zero-order valence-corrected chi connectivity index (χ0v) is 25.6. The van der Waals surface area contributed by atoms with E-state index in [1.807, 2.05) is 0 Å². The van der Waals surface area contributed by atoms with Gasteiger partial charge in [-0.05, 0) is 84.6 Å². The number of rotatable bonds is 5. The lowest BCUT2D eigenvalue weighted by molar-refractivity contribution is 1.64. The van der Waals surface area contributed by atoms with Crippen LogP contribution < -0.4 is 15.9 Å². The highest BCUT2D eigenvalue weighted by molar-refractivity contribution is 7.80. The number of fused-ring (bicyclic) bond motifs is 4. The predicted octanol–water partition coefficient (Wildman–Crippen LogP) is 10.7. The Morgan fingerprint density at radius 2 is 0.867 bits per heavy atom. The van der Waals surface area contributed by atoms with Gasteiger partial charge in [-0.15, -0.1) is 0 Å². The Bertz CT molecular complexity index is 2350. The van der Waals surface area contributed by atoms with Crippen molar-refractivity contribution in [3.8, 4) is 44.5 Å². The van der Waals surface area contributed by atoms with E-state index in [0.717, 1.165) is 0 Å². The van der Waals surface area contributed by atoms with E-state index in [9.17, 15) is 0 Å². The molecule has 0 heterocycles. The fourth-order valence-electron chi connectivity index (χ4n) is 7.34. The Balaban J connectivity index is 1.49. The van der Waals surface area contributed by atoms with Gasteiger partial charge in [0.15, 0.2) is 0 Å². The summed E-state index contributed by atoms with van der Waals surface area (Å²) in [6, 6.07) is 65.0. The van der Waals surface area contributed by atoms with Crippen LogP contribution in [0.5, 0.6) is 0 Å². The summed E-state index contributed by atoms with van der Waals surface area (Å²) in [6.45, 7) is 0. The van der Waals surface area contributed by atoms with Gasteiger partial charge in [0, 0.05) is 5.30 Å². The Kier molecular flexibility index (Phi) is 6.22. The van der Waals surface area contributed by atoms with Crippen LogP contribution in [0.3, 0.4) is 0 Å². The fraction of sp³-hybridized carbons (Fsp3) is 0. The lowest BCUT2D eigenvalue weighted by atomic mass is 9.88. The van der Waals surface area contributed by atoms with Crippen molar-refractivity contribution in [3.63, 3.8) is 0 Å². The predicted molar refractivity (Wildman–Crippen MR) is 195 cm³/mol. The van der Waals surface area contributed by atoms with Gasteiger partial charge in [-0.3, -0.25) is 0 Å². The van der Waals surface area contributed by atoms with E-state index in [0.29, 0.717) is 0 Å². The van der Waals surface area contributed by atoms with Gasteiger partial charge in [0.05, 0.1) is 0 Å². The first kappa shape index (κ1) is 26.1. The maximum Gasteiger partial charge on any atom is 0.00131 e. The van der Waals surface area contributed by atoms with Crippen molar-refractivity contribution in [2.45, 2.75) is 0 Å². The smallest absolute Gasteiger partial charge is 0.00131 e. The standard InChI is InChI=1S/C44H29P/c1-4-16-30(17-5-1)34-24-12-13-29-39(34)45(33-22-8-3-9-23-33)44-36-26-11-10-25-35(36)41(32-18-6-2-7-19-32)42-37-27-14-20-31-21-15-28-38(40(31)37)43(42)44/h1-29H. The molecule has 210 valence electrons. The minimum absolute atomic E-state index is 0.960. The van der Waals surface area contributed by atoms with E-state index in [2.05, 4.69) is 176 Å². The zero-order chi connectivity index (χ0) is 29.7. The summed E-state index contributed by atoms with van der Waals surface area (Å²) in [7, 11) is -0.960. The molecule has 0 bridgehead atoms. The minimum Gasteiger partial charge on any atom is -0.0622 e. The molecule has 45 heavy (non-hydrogen) atoms. The van der Waals surface area contributed by atoms with Crippen molar-refractivity contribution < 1.29 is 0 Å². The third-order valence-corrected chi connectivity index (χ3v) is 11.8. The van der Waals surface area contributed by atoms with Crippen molar-refractivity contribution >= 4 is 45.4 Å². The molecule has 1 aliphatic carbocycles. The molecule has 0 aliphatic heterocycles. The van der Waals surface area contributed by atoms with E-state index in [4.69, 9.17) is 0 Å². The first-order chi connectivity index (χ1) is 22.4. The Morgan fingerprint density at radius 1 is 0.333 bits per heavy atom. The topological polar surface area (TPSA) is 0 Å². The van der Waals surface area contributed by atoms with Gasteiger partial charge in [0.25, 0.3) is 0 Å². The molecule has 0 nitrogen and oxygen atoms in total. The SMILES string of the molecule is c1ccc(-c2ccccc2P(c2ccccc2)c2c3c(c(-c4ccccc4)c4ccccc24)-c2cccc4cccc-3c24)cc1. The summed E-state index contributed by atoms with van der Waals surface area (Å²) in [5, 5.41) is 9.48. The van der Waals surface area contributed by atoms with Gasteiger partial charge in [0.2, 0.25) is 0 Å². The van der Waals surface area contributed by atoms with Gasteiger partial charge in [0.1, 0.15) is 0 Å². The van der Waals surface area contributed by atoms with Crippen LogP contribution in [0.4, 0.5) is 0 Å². The summed E-state index contributed by atoms with van der Waals surface area (Å²) in [4.78, 5) is 0. The van der Waals surface area contributed by atoms with Crippen LogP contribution in [0.25, 0.3) is 66.1 Å². The van der Waals surface area contributed by atoms with Crippen LogP contribution in [0.1, 0.15) is 0 Å². The normalized spacial score (nSPS) is 12.4. The van der Waals surface area contributed by atoms with E-state index in [-0.39, 0.29) is 0 Å². The van der Waals surface area contributed by atoms with Crippen molar-refractivity contribution in [2.24, 2.45) is 0 Å². The molecular formula is C44H29P. The molecule has 0 saturated heterocycles. The summed E-state index contributed by atoms with van der Waals surface area (Å²) in [5.74, 6) is 0. The molecule has 0 saturated carbocycles. The third-order valence-electron chi connectivity index (χ3n) is 9.16. The second-order valence-corrected chi connectivity index (χ2v) is 13.8. The molecular weight excluding hydrogens is 559 g/mol. The van der Waals surface area contributed by atoms with Gasteiger partial charge < -0.3 is 0 Å². The molecule has 1 heteroatoms. The monoisotopic (exact) mass is 588 g/mol. The van der Waals surface area contributed by atoms with E-state index < -0.39 is 7.92 Å². The van der Waals surface area contributed by atoms with E-state index in [1.165, 1.54) is 82.0 Å². The van der Waals surface area contributed by atoms with Gasteiger partial charge in [-0.25, -0.2) is 0 Å². The highest BCUT2D eigenvalue weighted by atomic mass is 31.1. The van der Waals surface area contributed by atoms with Crippen LogP contribution in [0.15, 0.2) is 176 Å². The average molecular weight is 589 g/mol. The Labute approximate surface area is 265 Å². The van der Waals surface area contributed by atoms with E-state index in [1.54, 1.807) is 0 Å². The second-order valence-electron chi connectivity index (χ2n) is 11.6. The van der Waals surface area contributed by atoms with Gasteiger partial charge in [-0.1, -0.05) is 176 Å². The van der Waals surface area contributed by atoms with Crippen LogP contribution in [0.2, 0.25) is 0 Å². The molecule has 0 fully saturated rings. The second kappa shape index (κ2) is 10.7. The summed E-state index contributed by atoms with van der Waals surface area (Å²) < 4.78 is 0. The maximum absolute atomic E-state index is 2.37. The Morgan fingerprint density at radius 3 is 1.58 bits per heavy atom. The quantitative estimate of drug-likeness (QED) is 0.176. The van der Waals surface area contributed by atoms with Gasteiger partial charge >= 0.3 is 0 Å². The fourth-order valence-corrected chi connectivity index (χ4v) is 10.2. The summed E-state index contributed by atoms with van der Waals surface area (Å²) >= 11 is 0. The molecule has 9 rings (SSSR count). The number of hydrogen-bond donors (Lipinski definition) is 0. The molecule has 0 N–H and O–H groups in total. The van der Waals surface area contributed by atoms with Crippen molar-refractivity contribution in [1.29, 1.82) is 0 Å². The molecule has 0 radical (unpaired) electrons. The molecule has 1 aliphatic rings. The molecule has 8 aromatic rings.